The van der Waals surface area contributed by atoms with E-state index in [1.807, 2.05) is 12.4 Å². The third kappa shape index (κ3) is 2.61. The SMILES string of the molecule is CCC1=CCC(C)(C)C=NN=C1. The van der Waals surface area contributed by atoms with Gasteiger partial charge in [0, 0.05) is 11.6 Å². The Bertz CT molecular complexity index is 234. The lowest BCUT2D eigenvalue weighted by molar-refractivity contribution is 0.542. The zero-order valence-electron chi connectivity index (χ0n) is 8.04. The Morgan fingerprint density at radius 2 is 2.17 bits per heavy atom. The van der Waals surface area contributed by atoms with Gasteiger partial charge in [0.25, 0.3) is 0 Å². The smallest absolute Gasteiger partial charge is 0.0524 e. The van der Waals surface area contributed by atoms with E-state index in [4.69, 9.17) is 0 Å². The minimum atomic E-state index is 0.151. The molecule has 2 heteroatoms. The molecule has 0 unspecified atom stereocenters. The van der Waals surface area contributed by atoms with Crippen LogP contribution in [0.5, 0.6) is 0 Å². The van der Waals surface area contributed by atoms with Gasteiger partial charge in [-0.1, -0.05) is 26.8 Å². The summed E-state index contributed by atoms with van der Waals surface area (Å²) in [6.45, 7) is 6.47. The van der Waals surface area contributed by atoms with Gasteiger partial charge in [-0.2, -0.15) is 10.2 Å². The fourth-order valence-electron chi connectivity index (χ4n) is 1.03. The predicted octanol–water partition coefficient (Wildman–Crippen LogP) is 2.81. The average molecular weight is 164 g/mol. The molecule has 0 aromatic carbocycles. The maximum absolute atomic E-state index is 3.99. The van der Waals surface area contributed by atoms with Gasteiger partial charge in [-0.3, -0.25) is 0 Å². The van der Waals surface area contributed by atoms with Crippen molar-refractivity contribution < 1.29 is 0 Å². The second-order valence-electron chi connectivity index (χ2n) is 3.81. The summed E-state index contributed by atoms with van der Waals surface area (Å²) in [4.78, 5) is 0. The molecular weight excluding hydrogens is 148 g/mol. The quantitative estimate of drug-likeness (QED) is 0.569. The van der Waals surface area contributed by atoms with Crippen LogP contribution in [0, 0.1) is 5.41 Å². The number of allylic oxidation sites excluding steroid dienone is 2. The van der Waals surface area contributed by atoms with Crippen LogP contribution in [-0.2, 0) is 0 Å². The molecule has 0 saturated carbocycles. The summed E-state index contributed by atoms with van der Waals surface area (Å²) >= 11 is 0. The lowest BCUT2D eigenvalue weighted by atomic mass is 9.89. The summed E-state index contributed by atoms with van der Waals surface area (Å²) in [6.07, 6.45) is 8.08. The van der Waals surface area contributed by atoms with Gasteiger partial charge in [-0.15, -0.1) is 0 Å². The molecule has 0 radical (unpaired) electrons. The van der Waals surface area contributed by atoms with Crippen molar-refractivity contribution in [2.75, 3.05) is 0 Å². The van der Waals surface area contributed by atoms with E-state index in [1.54, 1.807) is 0 Å². The number of hydrogen-bond donors (Lipinski definition) is 0. The molecule has 0 bridgehead atoms. The maximum atomic E-state index is 3.99. The Morgan fingerprint density at radius 3 is 2.83 bits per heavy atom. The summed E-state index contributed by atoms with van der Waals surface area (Å²) in [5.41, 5.74) is 1.43. The summed E-state index contributed by atoms with van der Waals surface area (Å²) in [6, 6.07) is 0. The Morgan fingerprint density at radius 1 is 1.42 bits per heavy atom. The molecule has 0 spiro atoms. The lowest BCUT2D eigenvalue weighted by Crippen LogP contribution is -2.12. The van der Waals surface area contributed by atoms with Gasteiger partial charge in [-0.05, 0) is 18.4 Å². The highest BCUT2D eigenvalue weighted by molar-refractivity contribution is 5.80. The number of nitrogens with zero attached hydrogens (tertiary/aromatic N) is 2. The summed E-state index contributed by atoms with van der Waals surface area (Å²) in [7, 11) is 0. The second-order valence-corrected chi connectivity index (χ2v) is 3.81. The van der Waals surface area contributed by atoms with E-state index in [1.165, 1.54) is 5.57 Å². The zero-order chi connectivity index (χ0) is 9.03. The topological polar surface area (TPSA) is 24.7 Å². The summed E-state index contributed by atoms with van der Waals surface area (Å²) < 4.78 is 0. The van der Waals surface area contributed by atoms with Crippen LogP contribution < -0.4 is 0 Å². The van der Waals surface area contributed by atoms with E-state index in [0.29, 0.717) is 0 Å². The molecule has 0 fully saturated rings. The van der Waals surface area contributed by atoms with E-state index >= 15 is 0 Å². The first-order valence-corrected chi connectivity index (χ1v) is 4.40. The Hall–Kier alpha value is -0.920. The number of rotatable bonds is 1. The monoisotopic (exact) mass is 164 g/mol. The predicted molar refractivity (Wildman–Crippen MR) is 53.8 cm³/mol. The highest BCUT2D eigenvalue weighted by atomic mass is 15.2. The molecule has 66 valence electrons. The molecular formula is C10H16N2. The first-order valence-electron chi connectivity index (χ1n) is 4.40. The van der Waals surface area contributed by atoms with Crippen molar-refractivity contribution in [2.24, 2.45) is 15.6 Å². The van der Waals surface area contributed by atoms with Crippen molar-refractivity contribution in [3.05, 3.63) is 11.6 Å². The van der Waals surface area contributed by atoms with E-state index in [2.05, 4.69) is 37.1 Å². The first kappa shape index (κ1) is 9.17. The van der Waals surface area contributed by atoms with Crippen molar-refractivity contribution in [1.29, 1.82) is 0 Å². The second kappa shape index (κ2) is 3.65. The highest BCUT2D eigenvalue weighted by Crippen LogP contribution is 2.20. The summed E-state index contributed by atoms with van der Waals surface area (Å²) in [5.74, 6) is 0. The van der Waals surface area contributed by atoms with Crippen LogP contribution in [0.1, 0.15) is 33.6 Å². The van der Waals surface area contributed by atoms with E-state index in [9.17, 15) is 0 Å². The molecule has 0 atom stereocenters. The highest BCUT2D eigenvalue weighted by Gasteiger charge is 2.13. The molecule has 0 aromatic rings. The third-order valence-corrected chi connectivity index (χ3v) is 2.00. The molecule has 1 rings (SSSR count). The average Bonchev–Trinajstić information content (AvgIpc) is 2.00. The minimum Gasteiger partial charge on any atom is -0.163 e. The summed E-state index contributed by atoms with van der Waals surface area (Å²) in [5, 5.41) is 7.94. The van der Waals surface area contributed by atoms with Crippen LogP contribution in [0.15, 0.2) is 21.9 Å². The fraction of sp³-hybridized carbons (Fsp3) is 0.600. The normalized spacial score (nSPS) is 21.4. The van der Waals surface area contributed by atoms with Gasteiger partial charge >= 0.3 is 0 Å². The van der Waals surface area contributed by atoms with Crippen molar-refractivity contribution in [1.82, 2.24) is 0 Å². The van der Waals surface area contributed by atoms with Gasteiger partial charge in [0.05, 0.1) is 6.21 Å². The zero-order valence-corrected chi connectivity index (χ0v) is 8.04. The van der Waals surface area contributed by atoms with Gasteiger partial charge in [0.2, 0.25) is 0 Å². The molecule has 0 amide bonds. The molecule has 1 heterocycles. The van der Waals surface area contributed by atoms with Crippen LogP contribution in [0.2, 0.25) is 0 Å². The Labute approximate surface area is 74.1 Å². The lowest BCUT2D eigenvalue weighted by Gasteiger charge is -2.17. The Balaban J connectivity index is 2.81. The van der Waals surface area contributed by atoms with Crippen molar-refractivity contribution in [3.63, 3.8) is 0 Å². The first-order chi connectivity index (χ1) is 5.64. The molecule has 1 aliphatic heterocycles. The van der Waals surface area contributed by atoms with E-state index in [0.717, 1.165) is 12.8 Å². The maximum Gasteiger partial charge on any atom is 0.0524 e. The van der Waals surface area contributed by atoms with Crippen LogP contribution >= 0.6 is 0 Å². The van der Waals surface area contributed by atoms with Crippen molar-refractivity contribution in [3.8, 4) is 0 Å². The van der Waals surface area contributed by atoms with Gasteiger partial charge in [0.1, 0.15) is 0 Å². The van der Waals surface area contributed by atoms with Gasteiger partial charge < -0.3 is 0 Å². The number of hydrogen-bond acceptors (Lipinski definition) is 2. The van der Waals surface area contributed by atoms with Crippen LogP contribution in [-0.4, -0.2) is 12.4 Å². The van der Waals surface area contributed by atoms with E-state index < -0.39 is 0 Å². The van der Waals surface area contributed by atoms with Crippen molar-refractivity contribution in [2.45, 2.75) is 33.6 Å². The molecule has 0 aromatic heterocycles. The standard InChI is InChI=1S/C10H16N2/c1-4-9-5-6-10(2,3)8-12-11-7-9/h5,7-8H,4,6H2,1-3H3. The molecule has 12 heavy (non-hydrogen) atoms. The van der Waals surface area contributed by atoms with Crippen LogP contribution in [0.3, 0.4) is 0 Å². The molecule has 2 nitrogen and oxygen atoms in total. The molecule has 0 aliphatic carbocycles. The molecule has 0 saturated heterocycles. The molecule has 1 aliphatic rings. The molecule has 0 N–H and O–H groups in total. The van der Waals surface area contributed by atoms with E-state index in [-0.39, 0.29) is 5.41 Å². The minimum absolute atomic E-state index is 0.151. The fourth-order valence-corrected chi connectivity index (χ4v) is 1.03. The van der Waals surface area contributed by atoms with Gasteiger partial charge in [0.15, 0.2) is 0 Å². The van der Waals surface area contributed by atoms with Crippen molar-refractivity contribution >= 4 is 12.4 Å². The van der Waals surface area contributed by atoms with Gasteiger partial charge in [-0.25, -0.2) is 0 Å². The van der Waals surface area contributed by atoms with Crippen LogP contribution in [0.4, 0.5) is 0 Å². The largest absolute Gasteiger partial charge is 0.163 e. The Kier molecular flexibility index (Phi) is 2.79. The third-order valence-electron chi connectivity index (χ3n) is 2.00. The van der Waals surface area contributed by atoms with Crippen LogP contribution in [0.25, 0.3) is 0 Å².